The molecule has 0 saturated heterocycles. The van der Waals surface area contributed by atoms with Gasteiger partial charge in [-0.25, -0.2) is 8.78 Å². The van der Waals surface area contributed by atoms with Crippen molar-refractivity contribution in [3.8, 4) is 0 Å². The Morgan fingerprint density at radius 2 is 1.58 bits per heavy atom. The first-order valence-electron chi connectivity index (χ1n) is 2.68. The Morgan fingerprint density at radius 1 is 1.17 bits per heavy atom. The molecule has 0 radical (unpaired) electrons. The average molecular weight is 211 g/mol. The quantitative estimate of drug-likeness (QED) is 0.539. The number of allylic oxidation sites excluding steroid dienone is 2. The molecule has 0 aromatic rings. The van der Waals surface area contributed by atoms with Gasteiger partial charge < -0.3 is 0 Å². The van der Waals surface area contributed by atoms with Crippen molar-refractivity contribution in [2.75, 3.05) is 0 Å². The Kier molecular flexibility index (Phi) is 1.86. The van der Waals surface area contributed by atoms with Gasteiger partial charge in [-0.05, 0) is 0 Å². The molecule has 1 unspecified atom stereocenters. The van der Waals surface area contributed by atoms with Crippen molar-refractivity contribution in [3.05, 3.63) is 10.9 Å². The molecule has 7 heteroatoms. The molecule has 70 valence electrons. The molecule has 0 aromatic heterocycles. The molecule has 0 N–H and O–H groups in total. The lowest BCUT2D eigenvalue weighted by atomic mass is 10.2. The van der Waals surface area contributed by atoms with Crippen molar-refractivity contribution in [2.24, 2.45) is 0 Å². The Hall–Kier alpha value is -0.390. The molecular formula is C5HClF6. The standard InChI is InChI=1S/C5HClF6/c6-2-1(7)3(8)5(11,12)4(2,9)10/h3H. The maximum Gasteiger partial charge on any atom is 0.352 e. The highest BCUT2D eigenvalue weighted by molar-refractivity contribution is 6.31. The van der Waals surface area contributed by atoms with Crippen LogP contribution in [0, 0.1) is 0 Å². The van der Waals surface area contributed by atoms with Crippen molar-refractivity contribution in [2.45, 2.75) is 18.0 Å². The van der Waals surface area contributed by atoms with Crippen LogP contribution < -0.4 is 0 Å². The molecule has 1 atom stereocenters. The summed E-state index contributed by atoms with van der Waals surface area (Å²) in [6.07, 6.45) is -3.65. The van der Waals surface area contributed by atoms with Gasteiger partial charge in [0.25, 0.3) is 0 Å². The monoisotopic (exact) mass is 210 g/mol. The van der Waals surface area contributed by atoms with Gasteiger partial charge in [-0.1, -0.05) is 11.6 Å². The van der Waals surface area contributed by atoms with Crippen molar-refractivity contribution in [1.82, 2.24) is 0 Å². The van der Waals surface area contributed by atoms with Gasteiger partial charge in [0.1, 0.15) is 5.03 Å². The Balaban J connectivity index is 3.22. The molecule has 0 bridgehead atoms. The van der Waals surface area contributed by atoms with Gasteiger partial charge in [0.2, 0.25) is 6.17 Å². The van der Waals surface area contributed by atoms with Crippen molar-refractivity contribution >= 4 is 11.6 Å². The Morgan fingerprint density at radius 3 is 1.67 bits per heavy atom. The summed E-state index contributed by atoms with van der Waals surface area (Å²) >= 11 is 4.47. The molecule has 0 fully saturated rings. The van der Waals surface area contributed by atoms with Crippen LogP contribution in [0.2, 0.25) is 0 Å². The van der Waals surface area contributed by atoms with Gasteiger partial charge in [0, 0.05) is 0 Å². The van der Waals surface area contributed by atoms with E-state index in [-0.39, 0.29) is 0 Å². The third-order valence-corrected chi connectivity index (χ3v) is 1.86. The van der Waals surface area contributed by atoms with E-state index in [1.165, 1.54) is 0 Å². The molecule has 0 amide bonds. The first-order valence-corrected chi connectivity index (χ1v) is 3.06. The SMILES string of the molecule is FC1=C(Cl)C(F)(F)C(F)(F)C1F. The molecule has 1 rings (SSSR count). The lowest BCUT2D eigenvalue weighted by Crippen LogP contribution is -2.42. The molecule has 0 aliphatic heterocycles. The summed E-state index contributed by atoms with van der Waals surface area (Å²) in [4.78, 5) is 0. The number of halogens is 7. The minimum absolute atomic E-state index is 2.06. The normalized spacial score (nSPS) is 32.8. The van der Waals surface area contributed by atoms with Crippen LogP contribution in [0.15, 0.2) is 10.9 Å². The van der Waals surface area contributed by atoms with E-state index in [9.17, 15) is 26.3 Å². The lowest BCUT2D eigenvalue weighted by Gasteiger charge is -2.19. The zero-order valence-electron chi connectivity index (χ0n) is 5.22. The van der Waals surface area contributed by atoms with Crippen molar-refractivity contribution < 1.29 is 26.3 Å². The fourth-order valence-electron chi connectivity index (χ4n) is 0.726. The topological polar surface area (TPSA) is 0 Å². The summed E-state index contributed by atoms with van der Waals surface area (Å²) in [5.41, 5.74) is 0. The van der Waals surface area contributed by atoms with Gasteiger partial charge in [-0.15, -0.1) is 0 Å². The number of hydrogen-bond donors (Lipinski definition) is 0. The number of rotatable bonds is 0. The minimum atomic E-state index is -5.09. The maximum atomic E-state index is 12.2. The first-order chi connectivity index (χ1) is 5.23. The largest absolute Gasteiger partial charge is 0.352 e. The summed E-state index contributed by atoms with van der Waals surface area (Å²) < 4.78 is 72.9. The van der Waals surface area contributed by atoms with E-state index < -0.39 is 28.9 Å². The average Bonchev–Trinajstić information content (AvgIpc) is 2.05. The molecule has 0 heterocycles. The van der Waals surface area contributed by atoms with Gasteiger partial charge >= 0.3 is 11.8 Å². The van der Waals surface area contributed by atoms with Gasteiger partial charge in [0.05, 0.1) is 0 Å². The van der Waals surface area contributed by atoms with Crippen LogP contribution in [-0.2, 0) is 0 Å². The van der Waals surface area contributed by atoms with E-state index in [1.54, 1.807) is 0 Å². The zero-order valence-corrected chi connectivity index (χ0v) is 5.98. The second-order valence-electron chi connectivity index (χ2n) is 2.22. The molecule has 0 saturated carbocycles. The summed E-state index contributed by atoms with van der Waals surface area (Å²) in [5, 5.41) is -2.06. The summed E-state index contributed by atoms with van der Waals surface area (Å²) in [6, 6.07) is 0. The number of hydrogen-bond acceptors (Lipinski definition) is 0. The maximum absolute atomic E-state index is 12.2. The fraction of sp³-hybridized carbons (Fsp3) is 0.600. The minimum Gasteiger partial charge on any atom is -0.233 e. The zero-order chi connectivity index (χ0) is 9.73. The van der Waals surface area contributed by atoms with Gasteiger partial charge in [-0.3, -0.25) is 0 Å². The lowest BCUT2D eigenvalue weighted by molar-refractivity contribution is -0.196. The van der Waals surface area contributed by atoms with Crippen molar-refractivity contribution in [1.29, 1.82) is 0 Å². The first kappa shape index (κ1) is 9.70. The molecular weight excluding hydrogens is 209 g/mol. The molecule has 1 aliphatic rings. The van der Waals surface area contributed by atoms with Gasteiger partial charge in [-0.2, -0.15) is 17.6 Å². The predicted molar refractivity (Wildman–Crippen MR) is 28.8 cm³/mol. The van der Waals surface area contributed by atoms with Crippen molar-refractivity contribution in [3.63, 3.8) is 0 Å². The highest BCUT2D eigenvalue weighted by atomic mass is 35.5. The smallest absolute Gasteiger partial charge is 0.233 e. The van der Waals surface area contributed by atoms with Crippen LogP contribution in [0.3, 0.4) is 0 Å². The third kappa shape index (κ3) is 0.870. The van der Waals surface area contributed by atoms with Crippen LogP contribution in [-0.4, -0.2) is 18.0 Å². The van der Waals surface area contributed by atoms with E-state index in [2.05, 4.69) is 11.6 Å². The summed E-state index contributed by atoms with van der Waals surface area (Å²) in [5.74, 6) is -12.3. The van der Waals surface area contributed by atoms with E-state index in [1.807, 2.05) is 0 Å². The van der Waals surface area contributed by atoms with E-state index >= 15 is 0 Å². The second-order valence-corrected chi connectivity index (χ2v) is 2.60. The van der Waals surface area contributed by atoms with Crippen LogP contribution in [0.4, 0.5) is 26.3 Å². The molecule has 0 aromatic carbocycles. The fourth-order valence-corrected chi connectivity index (χ4v) is 0.948. The summed E-state index contributed by atoms with van der Waals surface area (Å²) in [7, 11) is 0. The van der Waals surface area contributed by atoms with E-state index in [0.29, 0.717) is 0 Å². The Bertz CT molecular complexity index is 244. The second kappa shape index (κ2) is 2.31. The molecule has 0 nitrogen and oxygen atoms in total. The van der Waals surface area contributed by atoms with Crippen LogP contribution in [0.5, 0.6) is 0 Å². The summed E-state index contributed by atoms with van der Waals surface area (Å²) in [6.45, 7) is 0. The van der Waals surface area contributed by atoms with E-state index in [0.717, 1.165) is 0 Å². The highest BCUT2D eigenvalue weighted by Crippen LogP contribution is 2.54. The highest BCUT2D eigenvalue weighted by Gasteiger charge is 2.71. The Labute approximate surface area is 67.8 Å². The molecule has 1 aliphatic carbocycles. The third-order valence-electron chi connectivity index (χ3n) is 1.44. The molecule has 0 spiro atoms. The van der Waals surface area contributed by atoms with Crippen LogP contribution >= 0.6 is 11.6 Å². The molecule has 12 heavy (non-hydrogen) atoms. The van der Waals surface area contributed by atoms with Gasteiger partial charge in [0.15, 0.2) is 5.83 Å². The van der Waals surface area contributed by atoms with Crippen LogP contribution in [0.1, 0.15) is 0 Å². The number of alkyl halides is 5. The van der Waals surface area contributed by atoms with Crippen LogP contribution in [0.25, 0.3) is 0 Å². The van der Waals surface area contributed by atoms with E-state index in [4.69, 9.17) is 0 Å². The predicted octanol–water partition coefficient (Wildman–Crippen LogP) is 3.03.